The maximum absolute atomic E-state index is 2.61. The molecule has 0 fully saturated rings. The molecule has 13 rings (SSSR count). The molecule has 3 heterocycles. The van der Waals surface area contributed by atoms with Crippen molar-refractivity contribution in [1.82, 2.24) is 9.13 Å². The molecular formula is C54H37N3. The third-order valence-corrected chi connectivity index (χ3v) is 13.0. The number of nitrogens with zero attached hydrogens (tertiary/aromatic N) is 3. The van der Waals surface area contributed by atoms with E-state index in [4.69, 9.17) is 0 Å². The van der Waals surface area contributed by atoms with Crippen LogP contribution in [0, 0.1) is 0 Å². The lowest BCUT2D eigenvalue weighted by molar-refractivity contribution is 0.745. The molecule has 2 aromatic heterocycles. The first-order chi connectivity index (χ1) is 28.3. The second-order valence-corrected chi connectivity index (χ2v) is 15.9. The second-order valence-electron chi connectivity index (χ2n) is 15.9. The van der Waals surface area contributed by atoms with Crippen LogP contribution in [0.1, 0.15) is 29.2 Å². The Kier molecular flexibility index (Phi) is 6.40. The van der Waals surface area contributed by atoms with Crippen LogP contribution in [0.25, 0.3) is 82.5 Å². The molecule has 268 valence electrons. The molecule has 2 atom stereocenters. The predicted octanol–water partition coefficient (Wildman–Crippen LogP) is 13.9. The van der Waals surface area contributed by atoms with Gasteiger partial charge in [0.15, 0.2) is 0 Å². The Hall–Kier alpha value is -7.10. The number of anilines is 2. The summed E-state index contributed by atoms with van der Waals surface area (Å²) in [5.41, 5.74) is 12.8. The molecule has 0 saturated carbocycles. The fraction of sp³-hybridized carbons (Fsp3) is 0.0741. The average molecular weight is 728 g/mol. The molecule has 0 saturated heterocycles. The van der Waals surface area contributed by atoms with Crippen LogP contribution in [0.4, 0.5) is 11.4 Å². The van der Waals surface area contributed by atoms with Crippen molar-refractivity contribution in [2.24, 2.45) is 0 Å². The zero-order valence-corrected chi connectivity index (χ0v) is 31.3. The van der Waals surface area contributed by atoms with Gasteiger partial charge in [-0.25, -0.2) is 0 Å². The Balaban J connectivity index is 1.19. The van der Waals surface area contributed by atoms with E-state index >= 15 is 0 Å². The van der Waals surface area contributed by atoms with Gasteiger partial charge in [0.25, 0.3) is 0 Å². The van der Waals surface area contributed by atoms with Gasteiger partial charge in [-0.3, -0.25) is 0 Å². The van der Waals surface area contributed by atoms with E-state index in [1.165, 1.54) is 105 Å². The standard InChI is InChI=1S/C54H37N3/c1-2-22-44-43(21-1)53(56-48-25-11-5-17-39(48)40-18-6-12-26-49(40)56)45-31-29-34-33-35(55-46-23-9-3-15-37(46)38-16-4-10-24-47(38)55)30-32-36(34)52(45)54(44)57-50-27-13-7-19-41(50)42-20-8-14-28-51(42)57/h1-11,13-25,27-33,37,46H,12,26H2. The van der Waals surface area contributed by atoms with Gasteiger partial charge in [-0.1, -0.05) is 152 Å². The van der Waals surface area contributed by atoms with Gasteiger partial charge in [0.2, 0.25) is 0 Å². The van der Waals surface area contributed by atoms with Gasteiger partial charge in [-0.15, -0.1) is 0 Å². The van der Waals surface area contributed by atoms with Gasteiger partial charge in [0.05, 0.1) is 34.0 Å². The highest BCUT2D eigenvalue weighted by Gasteiger charge is 2.37. The number of allylic oxidation sites excluding steroid dienone is 3. The highest BCUT2D eigenvalue weighted by molar-refractivity contribution is 6.25. The van der Waals surface area contributed by atoms with E-state index in [2.05, 4.69) is 202 Å². The van der Waals surface area contributed by atoms with E-state index < -0.39 is 0 Å². The summed E-state index contributed by atoms with van der Waals surface area (Å²) in [5.74, 6) is 0.339. The molecule has 1 aliphatic heterocycles. The third-order valence-electron chi connectivity index (χ3n) is 13.0. The topological polar surface area (TPSA) is 13.1 Å². The Bertz CT molecular complexity index is 3390. The van der Waals surface area contributed by atoms with Crippen LogP contribution in [0.15, 0.2) is 182 Å². The number of para-hydroxylation sites is 4. The van der Waals surface area contributed by atoms with Gasteiger partial charge in [0.1, 0.15) is 0 Å². The first-order valence-electron chi connectivity index (χ1n) is 20.3. The van der Waals surface area contributed by atoms with Crippen LogP contribution in [0.2, 0.25) is 0 Å². The zero-order valence-electron chi connectivity index (χ0n) is 31.3. The quantitative estimate of drug-likeness (QED) is 0.130. The maximum atomic E-state index is 2.61. The van der Waals surface area contributed by atoms with Crippen molar-refractivity contribution in [3.05, 3.63) is 199 Å². The molecule has 2 aliphatic carbocycles. The lowest BCUT2D eigenvalue weighted by Gasteiger charge is -2.29. The molecule has 0 spiro atoms. The Morgan fingerprint density at radius 3 is 1.91 bits per heavy atom. The number of hydrogen-bond acceptors (Lipinski definition) is 1. The van der Waals surface area contributed by atoms with Crippen molar-refractivity contribution in [2.45, 2.75) is 24.8 Å². The fourth-order valence-corrected chi connectivity index (χ4v) is 10.7. The maximum Gasteiger partial charge on any atom is 0.0629 e. The number of benzene rings is 8. The van der Waals surface area contributed by atoms with Crippen LogP contribution in [-0.2, 0) is 6.42 Å². The molecule has 0 bridgehead atoms. The Morgan fingerprint density at radius 1 is 0.491 bits per heavy atom. The second kappa shape index (κ2) is 11.7. The summed E-state index contributed by atoms with van der Waals surface area (Å²) in [7, 11) is 0. The molecule has 3 aliphatic rings. The summed E-state index contributed by atoms with van der Waals surface area (Å²) >= 11 is 0. The van der Waals surface area contributed by atoms with Crippen LogP contribution < -0.4 is 4.90 Å². The monoisotopic (exact) mass is 727 g/mol. The van der Waals surface area contributed by atoms with Gasteiger partial charge < -0.3 is 14.0 Å². The number of hydrogen-bond donors (Lipinski definition) is 0. The summed E-state index contributed by atoms with van der Waals surface area (Å²) in [6, 6.07) is 57.2. The molecule has 10 aromatic rings. The molecule has 3 nitrogen and oxygen atoms in total. The Labute approximate surface area is 330 Å². The number of rotatable bonds is 3. The molecule has 8 aromatic carbocycles. The molecule has 3 heteroatoms. The molecule has 0 N–H and O–H groups in total. The van der Waals surface area contributed by atoms with Crippen LogP contribution in [-0.4, -0.2) is 15.2 Å². The minimum absolute atomic E-state index is 0.247. The van der Waals surface area contributed by atoms with Crippen LogP contribution >= 0.6 is 0 Å². The van der Waals surface area contributed by atoms with E-state index in [1.807, 2.05) is 0 Å². The summed E-state index contributed by atoms with van der Waals surface area (Å²) in [6.45, 7) is 0. The smallest absolute Gasteiger partial charge is 0.0629 e. The first-order valence-corrected chi connectivity index (χ1v) is 20.3. The van der Waals surface area contributed by atoms with Gasteiger partial charge >= 0.3 is 0 Å². The fourth-order valence-electron chi connectivity index (χ4n) is 10.7. The van der Waals surface area contributed by atoms with Crippen molar-refractivity contribution in [1.29, 1.82) is 0 Å². The van der Waals surface area contributed by atoms with E-state index in [0.29, 0.717) is 5.92 Å². The van der Waals surface area contributed by atoms with Crippen LogP contribution in [0.3, 0.4) is 0 Å². The predicted molar refractivity (Wildman–Crippen MR) is 241 cm³/mol. The normalized spacial score (nSPS) is 17.1. The van der Waals surface area contributed by atoms with E-state index in [9.17, 15) is 0 Å². The molecule has 2 unspecified atom stereocenters. The minimum Gasteiger partial charge on any atom is -0.333 e. The lowest BCUT2D eigenvalue weighted by atomic mass is 9.91. The van der Waals surface area contributed by atoms with Crippen molar-refractivity contribution >= 4 is 82.5 Å². The molecule has 0 radical (unpaired) electrons. The number of fused-ring (bicyclic) bond motifs is 13. The summed E-state index contributed by atoms with van der Waals surface area (Å²) in [6.07, 6.45) is 15.9. The first kappa shape index (κ1) is 31.1. The lowest BCUT2D eigenvalue weighted by Crippen LogP contribution is -2.28. The van der Waals surface area contributed by atoms with E-state index in [1.54, 1.807) is 0 Å². The van der Waals surface area contributed by atoms with Crippen molar-refractivity contribution in [3.8, 4) is 11.4 Å². The largest absolute Gasteiger partial charge is 0.333 e. The minimum atomic E-state index is 0.247. The summed E-state index contributed by atoms with van der Waals surface area (Å²) in [5, 5.41) is 11.4. The molecular weight excluding hydrogens is 691 g/mol. The summed E-state index contributed by atoms with van der Waals surface area (Å²) < 4.78 is 5.16. The highest BCUT2D eigenvalue weighted by atomic mass is 15.2. The van der Waals surface area contributed by atoms with Crippen LogP contribution in [0.5, 0.6) is 0 Å². The molecule has 0 amide bonds. The molecule has 57 heavy (non-hydrogen) atoms. The third kappa shape index (κ3) is 4.21. The van der Waals surface area contributed by atoms with Gasteiger partial charge in [-0.2, -0.15) is 0 Å². The van der Waals surface area contributed by atoms with E-state index in [-0.39, 0.29) is 6.04 Å². The van der Waals surface area contributed by atoms with Crippen molar-refractivity contribution < 1.29 is 0 Å². The van der Waals surface area contributed by atoms with Gasteiger partial charge in [0, 0.05) is 66.3 Å². The highest BCUT2D eigenvalue weighted by Crippen LogP contribution is 2.50. The Morgan fingerprint density at radius 2 is 1.12 bits per heavy atom. The van der Waals surface area contributed by atoms with E-state index in [0.717, 1.165) is 12.8 Å². The SMILES string of the molecule is C1=CC2c3ccccc3N(c3ccc4c(ccc5c(-n6c7c(c8ccccc86)C=CCC7)c6ccccc6c(-n6c7ccccc7c7ccccc76)c54)c3)C2C=C1. The van der Waals surface area contributed by atoms with Gasteiger partial charge in [-0.05, 0) is 65.6 Å². The average Bonchev–Trinajstić information content (AvgIpc) is 3.91. The van der Waals surface area contributed by atoms with Crippen molar-refractivity contribution in [2.75, 3.05) is 4.90 Å². The number of aromatic nitrogens is 2. The van der Waals surface area contributed by atoms with Crippen molar-refractivity contribution in [3.63, 3.8) is 0 Å². The summed E-state index contributed by atoms with van der Waals surface area (Å²) in [4.78, 5) is 2.55. The zero-order chi connectivity index (χ0) is 37.2.